The van der Waals surface area contributed by atoms with E-state index in [1.54, 1.807) is 0 Å². The van der Waals surface area contributed by atoms with Gasteiger partial charge in [0.2, 0.25) is 0 Å². The Morgan fingerprint density at radius 2 is 1.90 bits per heavy atom. The number of para-hydroxylation sites is 1. The van der Waals surface area contributed by atoms with E-state index in [1.807, 2.05) is 30.3 Å². The molecule has 0 radical (unpaired) electrons. The van der Waals surface area contributed by atoms with Crippen LogP contribution in [0.1, 0.15) is 33.6 Å². The third-order valence-corrected chi connectivity index (χ3v) is 4.41. The van der Waals surface area contributed by atoms with Crippen molar-refractivity contribution in [2.45, 2.75) is 51.0 Å². The lowest BCUT2D eigenvalue weighted by Crippen LogP contribution is -2.47. The molecule has 1 saturated carbocycles. The van der Waals surface area contributed by atoms with Gasteiger partial charge in [-0.1, -0.05) is 37.2 Å². The zero-order valence-corrected chi connectivity index (χ0v) is 12.5. The molecule has 2 aliphatic heterocycles. The first-order valence-corrected chi connectivity index (χ1v) is 7.34. The number of hydrogen-bond donors (Lipinski definition) is 0. The number of amidine groups is 1. The fourth-order valence-corrected chi connectivity index (χ4v) is 3.89. The van der Waals surface area contributed by atoms with Gasteiger partial charge in [-0.15, -0.1) is 5.11 Å². The molecule has 3 aliphatic rings. The summed E-state index contributed by atoms with van der Waals surface area (Å²) in [6.07, 6.45) is 1.82. The van der Waals surface area contributed by atoms with Gasteiger partial charge >= 0.3 is 6.02 Å². The standard InChI is InChI=1S/C16H19N3O2/c1-14(2)9-15(3)12(20-15)16(10-14)19-18-13(21-16)17-11-7-5-4-6-8-11/h4-8,12H,9-10H2,1-3H3/t12-,15-,16-/m0/s1. The number of epoxide rings is 1. The molecule has 0 amide bonds. The summed E-state index contributed by atoms with van der Waals surface area (Å²) in [7, 11) is 0. The molecule has 0 N–H and O–H groups in total. The second-order valence-electron chi connectivity index (χ2n) is 7.21. The highest BCUT2D eigenvalue weighted by molar-refractivity contribution is 5.79. The summed E-state index contributed by atoms with van der Waals surface area (Å²) in [4.78, 5) is 4.41. The molecule has 0 unspecified atom stereocenters. The fraction of sp³-hybridized carbons (Fsp3) is 0.562. The van der Waals surface area contributed by atoms with Crippen LogP contribution >= 0.6 is 0 Å². The van der Waals surface area contributed by atoms with Crippen molar-refractivity contribution in [3.63, 3.8) is 0 Å². The quantitative estimate of drug-likeness (QED) is 0.736. The zero-order valence-electron chi connectivity index (χ0n) is 12.5. The predicted molar refractivity (Wildman–Crippen MR) is 78.5 cm³/mol. The molecule has 3 atom stereocenters. The second kappa shape index (κ2) is 3.91. The van der Waals surface area contributed by atoms with Crippen molar-refractivity contribution in [1.29, 1.82) is 0 Å². The summed E-state index contributed by atoms with van der Waals surface area (Å²) < 4.78 is 11.9. The topological polar surface area (TPSA) is 58.8 Å². The number of rotatable bonds is 1. The molecule has 110 valence electrons. The molecule has 5 heteroatoms. The van der Waals surface area contributed by atoms with Crippen LogP contribution in [0.15, 0.2) is 45.6 Å². The lowest BCUT2D eigenvalue weighted by atomic mass is 9.69. The molecule has 1 spiro atoms. The highest BCUT2D eigenvalue weighted by Crippen LogP contribution is 2.60. The van der Waals surface area contributed by atoms with Crippen molar-refractivity contribution in [2.24, 2.45) is 20.6 Å². The van der Waals surface area contributed by atoms with Gasteiger partial charge in [0.15, 0.2) is 0 Å². The third kappa shape index (κ3) is 2.07. The average molecular weight is 285 g/mol. The van der Waals surface area contributed by atoms with Crippen molar-refractivity contribution in [3.8, 4) is 0 Å². The van der Waals surface area contributed by atoms with Crippen molar-refractivity contribution < 1.29 is 9.47 Å². The van der Waals surface area contributed by atoms with Crippen molar-refractivity contribution in [3.05, 3.63) is 30.3 Å². The van der Waals surface area contributed by atoms with E-state index < -0.39 is 5.72 Å². The highest BCUT2D eigenvalue weighted by atomic mass is 16.7. The number of hydrogen-bond acceptors (Lipinski definition) is 4. The van der Waals surface area contributed by atoms with Gasteiger partial charge in [-0.25, -0.2) is 0 Å². The molecule has 2 heterocycles. The van der Waals surface area contributed by atoms with Crippen LogP contribution in [0, 0.1) is 5.41 Å². The minimum Gasteiger partial charge on any atom is -0.429 e. The Bertz CT molecular complexity index is 637. The first kappa shape index (κ1) is 13.0. The van der Waals surface area contributed by atoms with E-state index in [2.05, 4.69) is 36.0 Å². The Labute approximate surface area is 124 Å². The first-order valence-electron chi connectivity index (χ1n) is 7.34. The van der Waals surface area contributed by atoms with Crippen molar-refractivity contribution in [1.82, 2.24) is 0 Å². The van der Waals surface area contributed by atoms with Gasteiger partial charge in [0.1, 0.15) is 6.10 Å². The molecule has 4 rings (SSSR count). The lowest BCUT2D eigenvalue weighted by molar-refractivity contribution is -0.00716. The van der Waals surface area contributed by atoms with Crippen LogP contribution in [0.5, 0.6) is 0 Å². The van der Waals surface area contributed by atoms with E-state index in [-0.39, 0.29) is 17.1 Å². The van der Waals surface area contributed by atoms with Gasteiger partial charge in [0.05, 0.1) is 11.3 Å². The molecule has 21 heavy (non-hydrogen) atoms. The molecule has 0 aromatic heterocycles. The summed E-state index contributed by atoms with van der Waals surface area (Å²) in [6, 6.07) is 9.99. The van der Waals surface area contributed by atoms with E-state index in [9.17, 15) is 0 Å². The number of benzene rings is 1. The van der Waals surface area contributed by atoms with Gasteiger partial charge in [0.25, 0.3) is 5.72 Å². The van der Waals surface area contributed by atoms with Gasteiger partial charge in [0, 0.05) is 6.42 Å². The lowest BCUT2D eigenvalue weighted by Gasteiger charge is -2.38. The summed E-state index contributed by atoms with van der Waals surface area (Å²) in [5.41, 5.74) is 0.105. The van der Waals surface area contributed by atoms with E-state index in [1.165, 1.54) is 0 Å². The molecule has 2 fully saturated rings. The summed E-state index contributed by atoms with van der Waals surface area (Å²) in [6.45, 7) is 6.58. The van der Waals surface area contributed by atoms with Crippen LogP contribution in [-0.4, -0.2) is 23.5 Å². The van der Waals surface area contributed by atoms with Gasteiger partial charge in [-0.05, 0) is 30.9 Å². The van der Waals surface area contributed by atoms with Crippen LogP contribution in [0.4, 0.5) is 5.69 Å². The van der Waals surface area contributed by atoms with Gasteiger partial charge in [-0.3, -0.25) is 0 Å². The SMILES string of the molecule is CC1(C)C[C@@]2(N=NC(=Nc3ccccc3)O2)[C@H]2O[C@@]2(C)C1. The van der Waals surface area contributed by atoms with E-state index in [4.69, 9.17) is 9.47 Å². The number of azo groups is 1. The van der Waals surface area contributed by atoms with Crippen LogP contribution in [0.3, 0.4) is 0 Å². The summed E-state index contributed by atoms with van der Waals surface area (Å²) >= 11 is 0. The molecule has 1 saturated heterocycles. The molecule has 5 nitrogen and oxygen atoms in total. The number of ether oxygens (including phenoxy) is 2. The van der Waals surface area contributed by atoms with E-state index in [0.29, 0.717) is 6.02 Å². The maximum Gasteiger partial charge on any atom is 0.338 e. The molecule has 1 aliphatic carbocycles. The van der Waals surface area contributed by atoms with Crippen LogP contribution in [0.2, 0.25) is 0 Å². The van der Waals surface area contributed by atoms with Crippen LogP contribution < -0.4 is 0 Å². The van der Waals surface area contributed by atoms with E-state index >= 15 is 0 Å². The predicted octanol–water partition coefficient (Wildman–Crippen LogP) is 3.83. The Kier molecular flexibility index (Phi) is 2.41. The Hall–Kier alpha value is -1.75. The second-order valence-corrected chi connectivity index (χ2v) is 7.21. The summed E-state index contributed by atoms with van der Waals surface area (Å²) in [5, 5.41) is 8.57. The molecule has 0 bridgehead atoms. The highest BCUT2D eigenvalue weighted by Gasteiger charge is 2.72. The van der Waals surface area contributed by atoms with E-state index in [0.717, 1.165) is 18.5 Å². The van der Waals surface area contributed by atoms with Crippen molar-refractivity contribution >= 4 is 11.7 Å². The maximum atomic E-state index is 6.04. The Morgan fingerprint density at radius 1 is 1.14 bits per heavy atom. The fourth-order valence-electron chi connectivity index (χ4n) is 3.89. The monoisotopic (exact) mass is 285 g/mol. The molecular formula is C16H19N3O2. The smallest absolute Gasteiger partial charge is 0.338 e. The maximum absolute atomic E-state index is 6.04. The normalized spacial score (nSPS) is 41.1. The van der Waals surface area contributed by atoms with Crippen molar-refractivity contribution in [2.75, 3.05) is 0 Å². The zero-order chi connectivity index (χ0) is 14.7. The number of aliphatic imine (C=N–C) groups is 1. The van der Waals surface area contributed by atoms with Gasteiger partial charge < -0.3 is 9.47 Å². The summed E-state index contributed by atoms with van der Waals surface area (Å²) in [5.74, 6) is 0. The number of nitrogens with zero attached hydrogens (tertiary/aromatic N) is 3. The minimum absolute atomic E-state index is 0.00903. The molecule has 1 aromatic rings. The minimum atomic E-state index is -0.690. The van der Waals surface area contributed by atoms with Gasteiger partial charge in [-0.2, -0.15) is 4.99 Å². The Balaban J connectivity index is 1.62. The first-order chi connectivity index (χ1) is 9.91. The Morgan fingerprint density at radius 3 is 2.67 bits per heavy atom. The third-order valence-electron chi connectivity index (χ3n) is 4.41. The molecular weight excluding hydrogens is 266 g/mol. The number of fused-ring (bicyclic) bond motifs is 2. The van der Waals surface area contributed by atoms with Crippen LogP contribution in [-0.2, 0) is 9.47 Å². The largest absolute Gasteiger partial charge is 0.429 e. The van der Waals surface area contributed by atoms with Crippen LogP contribution in [0.25, 0.3) is 0 Å². The molecule has 1 aromatic carbocycles. The average Bonchev–Trinajstić information content (AvgIpc) is 2.93.